The first-order chi connectivity index (χ1) is 12.7. The Kier molecular flexibility index (Phi) is 4.28. The number of aliphatic hydroxyl groups is 1. The van der Waals surface area contributed by atoms with Crippen molar-refractivity contribution in [1.82, 2.24) is 24.9 Å². The van der Waals surface area contributed by atoms with Crippen LogP contribution in [0.1, 0.15) is 5.69 Å². The molecule has 0 aliphatic carbocycles. The van der Waals surface area contributed by atoms with Crippen LogP contribution < -0.4 is 16.5 Å². The summed E-state index contributed by atoms with van der Waals surface area (Å²) in [5.41, 5.74) is 10.4. The highest BCUT2D eigenvalue weighted by atomic mass is 16.3. The van der Waals surface area contributed by atoms with Crippen molar-refractivity contribution >= 4 is 35.7 Å². The number of rotatable bonds is 5. The molecule has 0 fully saturated rings. The van der Waals surface area contributed by atoms with Gasteiger partial charge in [0.15, 0.2) is 5.65 Å². The predicted octanol–water partition coefficient (Wildman–Crippen LogP) is 0.402. The smallest absolute Gasteiger partial charge is 0.165 e. The molecule has 128 valence electrons. The third-order valence-electron chi connectivity index (χ3n) is 4.28. The van der Waals surface area contributed by atoms with Gasteiger partial charge in [-0.1, -0.05) is 18.2 Å². The molecule has 0 spiro atoms. The molecule has 0 saturated heterocycles. The quantitative estimate of drug-likeness (QED) is 0.358. The first-order valence-corrected chi connectivity index (χ1v) is 8.27. The number of nitrogens with zero attached hydrogens (tertiary/aromatic N) is 4. The van der Waals surface area contributed by atoms with Gasteiger partial charge >= 0.3 is 0 Å². The number of nitrogens with one attached hydrogen (secondary N) is 1. The van der Waals surface area contributed by atoms with Crippen LogP contribution in [0.25, 0.3) is 27.7 Å². The average Bonchev–Trinajstić information content (AvgIpc) is 3.09. The molecule has 4 N–H and O–H groups in total. The summed E-state index contributed by atoms with van der Waals surface area (Å²) in [6.45, 7) is 0.902. The zero-order valence-corrected chi connectivity index (χ0v) is 14.1. The number of anilines is 1. The highest BCUT2D eigenvalue weighted by Crippen LogP contribution is 2.26. The van der Waals surface area contributed by atoms with Gasteiger partial charge in [-0.3, -0.25) is 4.98 Å². The summed E-state index contributed by atoms with van der Waals surface area (Å²) in [5.74, 6) is 0.343. The summed E-state index contributed by atoms with van der Waals surface area (Å²) >= 11 is 0. The molecule has 7 nitrogen and oxygen atoms in total. The summed E-state index contributed by atoms with van der Waals surface area (Å²) in [7, 11) is 6.09. The standard InChI is InChI=1S/C18H17BN6O/c19-16-15(10-21-5-6-26)24-18-13(9-23-25(18)17(16)20)12-7-11-3-1-2-4-14(11)22-8-12/h1-4,7-9,21,26H,5-6,10,20H2. The molecular formula is C18H17BN6O. The Labute approximate surface area is 151 Å². The van der Waals surface area contributed by atoms with Gasteiger partial charge in [-0.15, -0.1) is 0 Å². The van der Waals surface area contributed by atoms with Crippen LogP contribution >= 0.6 is 0 Å². The van der Waals surface area contributed by atoms with Crippen LogP contribution in [0.15, 0.2) is 42.7 Å². The van der Waals surface area contributed by atoms with Crippen LogP contribution in [0.3, 0.4) is 0 Å². The van der Waals surface area contributed by atoms with E-state index in [1.165, 1.54) is 4.52 Å². The van der Waals surface area contributed by atoms with Crippen molar-refractivity contribution in [2.75, 3.05) is 18.9 Å². The molecule has 2 radical (unpaired) electrons. The van der Waals surface area contributed by atoms with Crippen LogP contribution in [0.5, 0.6) is 0 Å². The highest BCUT2D eigenvalue weighted by molar-refractivity contribution is 6.36. The van der Waals surface area contributed by atoms with Crippen LogP contribution in [-0.2, 0) is 6.54 Å². The fourth-order valence-corrected chi connectivity index (χ4v) is 2.92. The van der Waals surface area contributed by atoms with Gasteiger partial charge < -0.3 is 16.2 Å². The van der Waals surface area contributed by atoms with Crippen molar-refractivity contribution in [2.45, 2.75) is 6.54 Å². The number of fused-ring (bicyclic) bond motifs is 2. The summed E-state index contributed by atoms with van der Waals surface area (Å²) in [4.78, 5) is 9.15. The Morgan fingerprint density at radius 3 is 2.92 bits per heavy atom. The lowest BCUT2D eigenvalue weighted by Crippen LogP contribution is -2.27. The number of aromatic nitrogens is 4. The maximum atomic E-state index is 8.93. The number of hydrogen-bond donors (Lipinski definition) is 3. The fraction of sp³-hybridized carbons (Fsp3) is 0.167. The molecule has 3 heterocycles. The molecular weight excluding hydrogens is 327 g/mol. The maximum Gasteiger partial charge on any atom is 0.165 e. The molecule has 0 bridgehead atoms. The van der Waals surface area contributed by atoms with E-state index in [2.05, 4.69) is 26.4 Å². The average molecular weight is 344 g/mol. The van der Waals surface area contributed by atoms with Gasteiger partial charge in [0.2, 0.25) is 0 Å². The van der Waals surface area contributed by atoms with Crippen molar-refractivity contribution in [3.05, 3.63) is 48.4 Å². The lowest BCUT2D eigenvalue weighted by atomic mass is 9.94. The van der Waals surface area contributed by atoms with Crippen LogP contribution in [0.2, 0.25) is 0 Å². The van der Waals surface area contributed by atoms with Gasteiger partial charge in [0, 0.05) is 35.8 Å². The summed E-state index contributed by atoms with van der Waals surface area (Å²) in [5, 5.41) is 17.4. The minimum Gasteiger partial charge on any atom is -0.395 e. The summed E-state index contributed by atoms with van der Waals surface area (Å²) in [6.07, 6.45) is 3.52. The number of nitrogen functional groups attached to an aromatic ring is 1. The third-order valence-corrected chi connectivity index (χ3v) is 4.28. The second kappa shape index (κ2) is 6.74. The van der Waals surface area contributed by atoms with Crippen LogP contribution in [-0.4, -0.2) is 45.7 Å². The first kappa shape index (κ1) is 16.5. The zero-order valence-electron chi connectivity index (χ0n) is 14.1. The zero-order chi connectivity index (χ0) is 18.1. The number of aliphatic hydroxyl groups excluding tert-OH is 1. The first-order valence-electron chi connectivity index (χ1n) is 8.27. The minimum atomic E-state index is 0.0400. The SMILES string of the molecule is [B]c1c(CNCCO)nc2c(-c3cnc4ccccc4c3)cnn2c1N. The molecule has 4 aromatic rings. The summed E-state index contributed by atoms with van der Waals surface area (Å²) < 4.78 is 1.54. The van der Waals surface area contributed by atoms with Gasteiger partial charge in [-0.2, -0.15) is 9.61 Å². The van der Waals surface area contributed by atoms with Gasteiger partial charge in [-0.05, 0) is 17.6 Å². The summed E-state index contributed by atoms with van der Waals surface area (Å²) in [6, 6.07) is 9.97. The number of nitrogens with two attached hydrogens (primary N) is 1. The molecule has 0 amide bonds. The van der Waals surface area contributed by atoms with E-state index in [0.29, 0.717) is 35.7 Å². The second-order valence-electron chi connectivity index (χ2n) is 5.97. The van der Waals surface area contributed by atoms with E-state index in [0.717, 1.165) is 22.0 Å². The Bertz CT molecular complexity index is 1090. The minimum absolute atomic E-state index is 0.0400. The Morgan fingerprint density at radius 1 is 1.23 bits per heavy atom. The molecule has 0 aliphatic rings. The van der Waals surface area contributed by atoms with Crippen LogP contribution in [0.4, 0.5) is 5.82 Å². The van der Waals surface area contributed by atoms with Crippen molar-refractivity contribution < 1.29 is 5.11 Å². The Balaban J connectivity index is 1.84. The molecule has 0 unspecified atom stereocenters. The van der Waals surface area contributed by atoms with Crippen LogP contribution in [0, 0.1) is 0 Å². The number of para-hydroxylation sites is 1. The van der Waals surface area contributed by atoms with E-state index < -0.39 is 0 Å². The molecule has 0 aliphatic heterocycles. The van der Waals surface area contributed by atoms with Crippen molar-refractivity contribution in [1.29, 1.82) is 0 Å². The Hall–Kier alpha value is -2.97. The second-order valence-corrected chi connectivity index (χ2v) is 5.97. The van der Waals surface area contributed by atoms with Gasteiger partial charge in [-0.25, -0.2) is 4.98 Å². The highest BCUT2D eigenvalue weighted by Gasteiger charge is 2.15. The van der Waals surface area contributed by atoms with Crippen molar-refractivity contribution in [3.8, 4) is 11.1 Å². The van der Waals surface area contributed by atoms with Crippen molar-refractivity contribution in [3.63, 3.8) is 0 Å². The predicted molar refractivity (Wildman–Crippen MR) is 102 cm³/mol. The number of pyridine rings is 1. The van der Waals surface area contributed by atoms with E-state index in [1.807, 2.05) is 24.3 Å². The van der Waals surface area contributed by atoms with E-state index in [9.17, 15) is 0 Å². The molecule has 8 heteroatoms. The van der Waals surface area contributed by atoms with E-state index >= 15 is 0 Å². The lowest BCUT2D eigenvalue weighted by molar-refractivity contribution is 0.292. The topological polar surface area (TPSA) is 101 Å². The van der Waals surface area contributed by atoms with E-state index in [1.54, 1.807) is 12.4 Å². The molecule has 0 saturated carbocycles. The number of hydrogen-bond acceptors (Lipinski definition) is 6. The molecule has 1 aromatic carbocycles. The molecule has 3 aromatic heterocycles. The van der Waals surface area contributed by atoms with E-state index in [-0.39, 0.29) is 6.61 Å². The van der Waals surface area contributed by atoms with Crippen molar-refractivity contribution in [2.24, 2.45) is 0 Å². The van der Waals surface area contributed by atoms with E-state index in [4.69, 9.17) is 18.7 Å². The number of benzene rings is 1. The molecule has 0 atom stereocenters. The fourth-order valence-electron chi connectivity index (χ4n) is 2.92. The maximum absolute atomic E-state index is 8.93. The largest absolute Gasteiger partial charge is 0.395 e. The third kappa shape index (κ3) is 2.79. The molecule has 4 rings (SSSR count). The molecule has 26 heavy (non-hydrogen) atoms. The van der Waals surface area contributed by atoms with Gasteiger partial charge in [0.05, 0.1) is 24.0 Å². The lowest BCUT2D eigenvalue weighted by Gasteiger charge is -2.11. The van der Waals surface area contributed by atoms with Gasteiger partial charge in [0.25, 0.3) is 0 Å². The van der Waals surface area contributed by atoms with Gasteiger partial charge in [0.1, 0.15) is 13.7 Å². The monoisotopic (exact) mass is 344 g/mol. The normalized spacial score (nSPS) is 11.4. The Morgan fingerprint density at radius 2 is 2.08 bits per heavy atom.